The number of piperidine rings is 1. The number of unbranched alkanes of at least 4 members (excludes halogenated alkanes) is 1. The van der Waals surface area contributed by atoms with E-state index in [2.05, 4.69) is 10.6 Å². The molecule has 0 saturated carbocycles. The van der Waals surface area contributed by atoms with Gasteiger partial charge < -0.3 is 10.6 Å². The smallest absolute Gasteiger partial charge is 0.227 e. The quantitative estimate of drug-likeness (QED) is 0.758. The lowest BCUT2D eigenvalue weighted by atomic mass is 9.97. The van der Waals surface area contributed by atoms with Crippen LogP contribution in [-0.4, -0.2) is 43.4 Å². The molecule has 1 saturated heterocycles. The van der Waals surface area contributed by atoms with E-state index in [0.717, 1.165) is 6.42 Å². The average molecular weight is 381 g/mol. The number of hydrogen-bond acceptors (Lipinski definition) is 4. The summed E-state index contributed by atoms with van der Waals surface area (Å²) in [6.45, 7) is 4.19. The Labute approximate surface area is 155 Å². The van der Waals surface area contributed by atoms with E-state index >= 15 is 0 Å². The predicted molar refractivity (Wildman–Crippen MR) is 102 cm³/mol. The Morgan fingerprint density at radius 2 is 1.62 bits per heavy atom. The second-order valence-corrected chi connectivity index (χ2v) is 8.68. The average Bonchev–Trinajstić information content (AvgIpc) is 2.61. The zero-order chi connectivity index (χ0) is 19.2. The molecule has 0 aromatic heterocycles. The lowest BCUT2D eigenvalue weighted by Crippen LogP contribution is -2.42. The maximum Gasteiger partial charge on any atom is 0.227 e. The fourth-order valence-corrected chi connectivity index (χ4v) is 4.62. The van der Waals surface area contributed by atoms with Crippen molar-refractivity contribution in [2.24, 2.45) is 5.92 Å². The molecule has 0 radical (unpaired) electrons. The summed E-state index contributed by atoms with van der Waals surface area (Å²) >= 11 is 0. The molecule has 0 unspecified atom stereocenters. The molecular weight excluding hydrogens is 354 g/mol. The monoisotopic (exact) mass is 381 g/mol. The Bertz CT molecular complexity index is 723. The van der Waals surface area contributed by atoms with Gasteiger partial charge in [0.1, 0.15) is 0 Å². The zero-order valence-electron chi connectivity index (χ0n) is 15.3. The van der Waals surface area contributed by atoms with Crippen LogP contribution in [0.4, 0.5) is 11.4 Å². The van der Waals surface area contributed by atoms with Gasteiger partial charge in [0.2, 0.25) is 21.8 Å². The van der Waals surface area contributed by atoms with Gasteiger partial charge in [-0.05, 0) is 43.5 Å². The van der Waals surface area contributed by atoms with Gasteiger partial charge in [0.25, 0.3) is 0 Å². The predicted octanol–water partition coefficient (Wildman–Crippen LogP) is 2.43. The molecule has 26 heavy (non-hydrogen) atoms. The molecule has 0 atom stereocenters. The van der Waals surface area contributed by atoms with Crippen molar-refractivity contribution in [1.29, 1.82) is 0 Å². The molecule has 2 amide bonds. The molecule has 1 heterocycles. The highest BCUT2D eigenvalue weighted by molar-refractivity contribution is 7.89. The molecule has 2 rings (SSSR count). The third kappa shape index (κ3) is 5.81. The van der Waals surface area contributed by atoms with Crippen LogP contribution in [0.5, 0.6) is 0 Å². The van der Waals surface area contributed by atoms with Crippen molar-refractivity contribution in [2.45, 2.75) is 39.5 Å². The molecule has 1 fully saturated rings. The van der Waals surface area contributed by atoms with Crippen molar-refractivity contribution in [1.82, 2.24) is 4.31 Å². The van der Waals surface area contributed by atoms with Gasteiger partial charge in [0.15, 0.2) is 0 Å². The molecule has 7 nitrogen and oxygen atoms in total. The second-order valence-electron chi connectivity index (χ2n) is 6.59. The van der Waals surface area contributed by atoms with Crippen LogP contribution in [0.15, 0.2) is 24.3 Å². The highest BCUT2D eigenvalue weighted by Crippen LogP contribution is 2.22. The number of hydrogen-bond donors (Lipinski definition) is 2. The summed E-state index contributed by atoms with van der Waals surface area (Å²) in [5.74, 6) is -0.256. The van der Waals surface area contributed by atoms with Crippen LogP contribution in [-0.2, 0) is 19.6 Å². The molecule has 0 aliphatic carbocycles. The summed E-state index contributed by atoms with van der Waals surface area (Å²) in [4.78, 5) is 23.4. The van der Waals surface area contributed by atoms with Crippen LogP contribution in [0.1, 0.15) is 39.5 Å². The molecule has 0 spiro atoms. The summed E-state index contributed by atoms with van der Waals surface area (Å²) in [5.41, 5.74) is 1.32. The minimum atomic E-state index is -3.20. The van der Waals surface area contributed by atoms with E-state index in [9.17, 15) is 18.0 Å². The van der Waals surface area contributed by atoms with Gasteiger partial charge in [-0.25, -0.2) is 12.7 Å². The van der Waals surface area contributed by atoms with Crippen LogP contribution in [0.25, 0.3) is 0 Å². The number of sulfonamides is 1. The first kappa shape index (κ1) is 20.4. The Morgan fingerprint density at radius 1 is 1.08 bits per heavy atom. The van der Waals surface area contributed by atoms with Crippen molar-refractivity contribution >= 4 is 33.2 Å². The summed E-state index contributed by atoms with van der Waals surface area (Å²) in [6, 6.07) is 6.90. The first-order valence-corrected chi connectivity index (χ1v) is 10.6. The first-order chi connectivity index (χ1) is 12.3. The molecule has 144 valence electrons. The summed E-state index contributed by atoms with van der Waals surface area (Å²) in [6.07, 6.45) is 2.57. The largest absolute Gasteiger partial charge is 0.326 e. The van der Waals surface area contributed by atoms with Gasteiger partial charge in [0.05, 0.1) is 5.75 Å². The maximum absolute atomic E-state index is 12.4. The van der Waals surface area contributed by atoms with Crippen molar-refractivity contribution in [2.75, 3.05) is 29.5 Å². The van der Waals surface area contributed by atoms with E-state index in [0.29, 0.717) is 43.7 Å². The molecular formula is C18H27N3O4S. The minimum Gasteiger partial charge on any atom is -0.326 e. The third-order valence-corrected chi connectivity index (χ3v) is 6.40. The molecule has 0 bridgehead atoms. The number of carbonyl (C=O) groups is 2. The van der Waals surface area contributed by atoms with E-state index in [4.69, 9.17) is 0 Å². The first-order valence-electron chi connectivity index (χ1n) is 8.98. The van der Waals surface area contributed by atoms with E-state index in [-0.39, 0.29) is 23.5 Å². The SMILES string of the molecule is CCCCS(=O)(=O)N1CCC(C(=O)Nc2ccc(NC(C)=O)cc2)CC1. The molecule has 1 aliphatic rings. The van der Waals surface area contributed by atoms with E-state index in [1.807, 2.05) is 6.92 Å². The maximum atomic E-state index is 12.4. The topological polar surface area (TPSA) is 95.6 Å². The van der Waals surface area contributed by atoms with Crippen molar-refractivity contribution in [3.8, 4) is 0 Å². The Balaban J connectivity index is 1.85. The highest BCUT2D eigenvalue weighted by atomic mass is 32.2. The lowest BCUT2D eigenvalue weighted by Gasteiger charge is -2.30. The summed E-state index contributed by atoms with van der Waals surface area (Å²) in [5, 5.41) is 5.53. The highest BCUT2D eigenvalue weighted by Gasteiger charge is 2.30. The number of rotatable bonds is 7. The summed E-state index contributed by atoms with van der Waals surface area (Å²) in [7, 11) is -3.20. The zero-order valence-corrected chi connectivity index (χ0v) is 16.1. The number of anilines is 2. The van der Waals surface area contributed by atoms with E-state index in [1.54, 1.807) is 24.3 Å². The number of nitrogens with zero attached hydrogens (tertiary/aromatic N) is 1. The Hall–Kier alpha value is -1.93. The minimum absolute atomic E-state index is 0.0946. The van der Waals surface area contributed by atoms with Crippen LogP contribution in [0, 0.1) is 5.92 Å². The molecule has 1 aromatic carbocycles. The van der Waals surface area contributed by atoms with Crippen molar-refractivity contribution in [3.63, 3.8) is 0 Å². The van der Waals surface area contributed by atoms with Gasteiger partial charge in [-0.15, -0.1) is 0 Å². The van der Waals surface area contributed by atoms with Crippen LogP contribution < -0.4 is 10.6 Å². The number of carbonyl (C=O) groups excluding carboxylic acids is 2. The van der Waals surface area contributed by atoms with Gasteiger partial charge in [-0.2, -0.15) is 0 Å². The van der Waals surface area contributed by atoms with Crippen LogP contribution in [0.3, 0.4) is 0 Å². The molecule has 8 heteroatoms. The number of amides is 2. The molecule has 1 aliphatic heterocycles. The fraction of sp³-hybridized carbons (Fsp3) is 0.556. The van der Waals surface area contributed by atoms with Crippen LogP contribution >= 0.6 is 0 Å². The second kappa shape index (κ2) is 9.14. The lowest BCUT2D eigenvalue weighted by molar-refractivity contribution is -0.121. The summed E-state index contributed by atoms with van der Waals surface area (Å²) < 4.78 is 25.9. The van der Waals surface area contributed by atoms with Gasteiger partial charge in [0, 0.05) is 37.3 Å². The Morgan fingerprint density at radius 3 is 2.12 bits per heavy atom. The normalized spacial score (nSPS) is 16.2. The Kier molecular flexibility index (Phi) is 7.16. The fourth-order valence-electron chi connectivity index (χ4n) is 2.94. The molecule has 1 aromatic rings. The third-order valence-electron chi connectivity index (χ3n) is 4.45. The van der Waals surface area contributed by atoms with E-state index < -0.39 is 10.0 Å². The van der Waals surface area contributed by atoms with Crippen LogP contribution in [0.2, 0.25) is 0 Å². The standard InChI is InChI=1S/C18H27N3O4S/c1-3-4-13-26(24,25)21-11-9-15(10-12-21)18(23)20-17-7-5-16(6-8-17)19-14(2)22/h5-8,15H,3-4,9-13H2,1-2H3,(H,19,22)(H,20,23). The van der Waals surface area contributed by atoms with Gasteiger partial charge in [-0.1, -0.05) is 13.3 Å². The molecule has 2 N–H and O–H groups in total. The van der Waals surface area contributed by atoms with E-state index in [1.165, 1.54) is 11.2 Å². The van der Waals surface area contributed by atoms with Crippen molar-refractivity contribution < 1.29 is 18.0 Å². The van der Waals surface area contributed by atoms with Crippen molar-refractivity contribution in [3.05, 3.63) is 24.3 Å². The number of nitrogens with one attached hydrogen (secondary N) is 2. The van der Waals surface area contributed by atoms with Gasteiger partial charge in [-0.3, -0.25) is 9.59 Å². The van der Waals surface area contributed by atoms with Gasteiger partial charge >= 0.3 is 0 Å². The number of benzene rings is 1.